The SMILES string of the molecule is COCCCNC(=O)N1CCc2ccccc21. The lowest BCUT2D eigenvalue weighted by molar-refractivity contribution is 0.194. The molecule has 1 heterocycles. The van der Waals surface area contributed by atoms with Gasteiger partial charge in [-0.3, -0.25) is 4.90 Å². The summed E-state index contributed by atoms with van der Waals surface area (Å²) in [4.78, 5) is 13.8. The van der Waals surface area contributed by atoms with Crippen LogP contribution in [0.15, 0.2) is 24.3 Å². The largest absolute Gasteiger partial charge is 0.385 e. The minimum absolute atomic E-state index is 0.00828. The van der Waals surface area contributed by atoms with E-state index in [1.807, 2.05) is 23.1 Å². The molecule has 0 aliphatic carbocycles. The number of para-hydroxylation sites is 1. The van der Waals surface area contributed by atoms with Crippen LogP contribution in [0.4, 0.5) is 10.5 Å². The van der Waals surface area contributed by atoms with Crippen LogP contribution < -0.4 is 10.2 Å². The monoisotopic (exact) mass is 234 g/mol. The van der Waals surface area contributed by atoms with Crippen molar-refractivity contribution in [2.24, 2.45) is 0 Å². The molecule has 92 valence electrons. The van der Waals surface area contributed by atoms with E-state index in [1.54, 1.807) is 7.11 Å². The van der Waals surface area contributed by atoms with Crippen LogP contribution in [0.3, 0.4) is 0 Å². The number of benzene rings is 1. The molecule has 1 aliphatic rings. The first kappa shape index (κ1) is 11.9. The molecule has 0 saturated heterocycles. The summed E-state index contributed by atoms with van der Waals surface area (Å²) in [7, 11) is 1.67. The number of carbonyl (C=O) groups excluding carboxylic acids is 1. The Morgan fingerprint density at radius 1 is 1.47 bits per heavy atom. The molecule has 2 amide bonds. The highest BCUT2D eigenvalue weighted by atomic mass is 16.5. The van der Waals surface area contributed by atoms with Crippen LogP contribution in [-0.2, 0) is 11.2 Å². The minimum atomic E-state index is -0.00828. The van der Waals surface area contributed by atoms with E-state index in [0.717, 1.165) is 25.1 Å². The van der Waals surface area contributed by atoms with Crippen LogP contribution in [0.2, 0.25) is 0 Å². The Hall–Kier alpha value is -1.55. The van der Waals surface area contributed by atoms with Crippen LogP contribution in [-0.4, -0.2) is 32.8 Å². The van der Waals surface area contributed by atoms with Gasteiger partial charge in [-0.05, 0) is 24.5 Å². The van der Waals surface area contributed by atoms with Gasteiger partial charge < -0.3 is 10.1 Å². The topological polar surface area (TPSA) is 41.6 Å². The molecule has 0 aromatic heterocycles. The predicted molar refractivity (Wildman–Crippen MR) is 67.4 cm³/mol. The van der Waals surface area contributed by atoms with E-state index in [0.29, 0.717) is 13.2 Å². The number of nitrogens with zero attached hydrogens (tertiary/aromatic N) is 1. The molecule has 1 aliphatic heterocycles. The zero-order valence-corrected chi connectivity index (χ0v) is 10.1. The molecule has 1 N–H and O–H groups in total. The lowest BCUT2D eigenvalue weighted by atomic mass is 10.2. The van der Waals surface area contributed by atoms with Crippen LogP contribution in [0.1, 0.15) is 12.0 Å². The van der Waals surface area contributed by atoms with Crippen molar-refractivity contribution in [1.29, 1.82) is 0 Å². The van der Waals surface area contributed by atoms with Gasteiger partial charge >= 0.3 is 6.03 Å². The maximum absolute atomic E-state index is 11.9. The number of fused-ring (bicyclic) bond motifs is 1. The second-order valence-corrected chi connectivity index (χ2v) is 4.11. The van der Waals surface area contributed by atoms with E-state index in [2.05, 4.69) is 11.4 Å². The van der Waals surface area contributed by atoms with Gasteiger partial charge in [-0.25, -0.2) is 4.79 Å². The zero-order chi connectivity index (χ0) is 12.1. The van der Waals surface area contributed by atoms with Crippen molar-refractivity contribution < 1.29 is 9.53 Å². The summed E-state index contributed by atoms with van der Waals surface area (Å²) >= 11 is 0. The fraction of sp³-hybridized carbons (Fsp3) is 0.462. The lowest BCUT2D eigenvalue weighted by Gasteiger charge is -2.17. The third-order valence-electron chi connectivity index (χ3n) is 2.93. The standard InChI is InChI=1S/C13H18N2O2/c1-17-10-4-8-14-13(16)15-9-7-11-5-2-3-6-12(11)15/h2-3,5-6H,4,7-10H2,1H3,(H,14,16). The van der Waals surface area contributed by atoms with Crippen molar-refractivity contribution in [3.8, 4) is 0 Å². The number of urea groups is 1. The van der Waals surface area contributed by atoms with Gasteiger partial charge in [0.1, 0.15) is 0 Å². The van der Waals surface area contributed by atoms with Crippen LogP contribution in [0.25, 0.3) is 0 Å². The average Bonchev–Trinajstić information content (AvgIpc) is 2.78. The Balaban J connectivity index is 1.89. The third-order valence-corrected chi connectivity index (χ3v) is 2.93. The second kappa shape index (κ2) is 5.68. The molecule has 1 aromatic carbocycles. The van der Waals surface area contributed by atoms with Gasteiger partial charge in [0.15, 0.2) is 0 Å². The number of methoxy groups -OCH3 is 1. The third kappa shape index (κ3) is 2.77. The van der Waals surface area contributed by atoms with Gasteiger partial charge in [-0.1, -0.05) is 18.2 Å². The van der Waals surface area contributed by atoms with Gasteiger partial charge in [0.2, 0.25) is 0 Å². The summed E-state index contributed by atoms with van der Waals surface area (Å²) in [5.74, 6) is 0. The maximum atomic E-state index is 11.9. The second-order valence-electron chi connectivity index (χ2n) is 4.11. The number of hydrogen-bond acceptors (Lipinski definition) is 2. The molecular weight excluding hydrogens is 216 g/mol. The molecule has 0 spiro atoms. The molecule has 17 heavy (non-hydrogen) atoms. The number of nitrogens with one attached hydrogen (secondary N) is 1. The molecule has 4 heteroatoms. The number of ether oxygens (including phenoxy) is 1. The summed E-state index contributed by atoms with van der Waals surface area (Å²) in [5.41, 5.74) is 2.29. The van der Waals surface area contributed by atoms with Gasteiger partial charge in [0.05, 0.1) is 0 Å². The average molecular weight is 234 g/mol. The number of anilines is 1. The molecule has 0 fully saturated rings. The van der Waals surface area contributed by atoms with E-state index in [9.17, 15) is 4.79 Å². The first-order valence-electron chi connectivity index (χ1n) is 5.95. The van der Waals surface area contributed by atoms with Crippen molar-refractivity contribution in [3.63, 3.8) is 0 Å². The van der Waals surface area contributed by atoms with Crippen LogP contribution in [0.5, 0.6) is 0 Å². The Morgan fingerprint density at radius 3 is 3.12 bits per heavy atom. The van der Waals surface area contributed by atoms with E-state index in [-0.39, 0.29) is 6.03 Å². The number of rotatable bonds is 4. The first-order chi connectivity index (χ1) is 8.33. The Kier molecular flexibility index (Phi) is 3.98. The molecule has 0 saturated carbocycles. The molecule has 0 radical (unpaired) electrons. The van der Waals surface area contributed by atoms with Crippen molar-refractivity contribution in [2.45, 2.75) is 12.8 Å². The highest BCUT2D eigenvalue weighted by Crippen LogP contribution is 2.27. The summed E-state index contributed by atoms with van der Waals surface area (Å²) in [5, 5.41) is 2.91. The Labute approximate surface area is 102 Å². The molecule has 0 atom stereocenters. The van der Waals surface area contributed by atoms with Gasteiger partial charge in [-0.2, -0.15) is 0 Å². The molecule has 4 nitrogen and oxygen atoms in total. The molecule has 2 rings (SSSR count). The van der Waals surface area contributed by atoms with Crippen LogP contribution in [0, 0.1) is 0 Å². The maximum Gasteiger partial charge on any atom is 0.321 e. The number of amides is 2. The quantitative estimate of drug-likeness (QED) is 0.807. The number of hydrogen-bond donors (Lipinski definition) is 1. The lowest BCUT2D eigenvalue weighted by Crippen LogP contribution is -2.39. The Bertz CT molecular complexity index is 393. The van der Waals surface area contributed by atoms with Gasteiger partial charge in [-0.15, -0.1) is 0 Å². The molecule has 0 unspecified atom stereocenters. The summed E-state index contributed by atoms with van der Waals surface area (Å²) in [6.45, 7) is 2.11. The smallest absolute Gasteiger partial charge is 0.321 e. The predicted octanol–water partition coefficient (Wildman–Crippen LogP) is 1.80. The van der Waals surface area contributed by atoms with Crippen molar-refractivity contribution in [2.75, 3.05) is 31.7 Å². The van der Waals surface area contributed by atoms with Gasteiger partial charge in [0.25, 0.3) is 0 Å². The molecule has 1 aromatic rings. The van der Waals surface area contributed by atoms with E-state index in [4.69, 9.17) is 4.74 Å². The number of carbonyl (C=O) groups is 1. The highest BCUT2D eigenvalue weighted by molar-refractivity contribution is 5.94. The Morgan fingerprint density at radius 2 is 2.29 bits per heavy atom. The highest BCUT2D eigenvalue weighted by Gasteiger charge is 2.23. The summed E-state index contributed by atoms with van der Waals surface area (Å²) in [6, 6.07) is 8.05. The van der Waals surface area contributed by atoms with Crippen molar-refractivity contribution in [1.82, 2.24) is 5.32 Å². The first-order valence-corrected chi connectivity index (χ1v) is 5.95. The normalized spacial score (nSPS) is 13.6. The molecular formula is C13H18N2O2. The van der Waals surface area contributed by atoms with Crippen LogP contribution >= 0.6 is 0 Å². The zero-order valence-electron chi connectivity index (χ0n) is 10.1. The summed E-state index contributed by atoms with van der Waals surface area (Å²) in [6.07, 6.45) is 1.79. The summed E-state index contributed by atoms with van der Waals surface area (Å²) < 4.78 is 4.94. The molecule has 0 bridgehead atoms. The van der Waals surface area contributed by atoms with E-state index >= 15 is 0 Å². The fourth-order valence-electron chi connectivity index (χ4n) is 2.06. The van der Waals surface area contributed by atoms with Crippen molar-refractivity contribution in [3.05, 3.63) is 29.8 Å². The fourth-order valence-corrected chi connectivity index (χ4v) is 2.06. The van der Waals surface area contributed by atoms with Gasteiger partial charge in [0, 0.05) is 32.5 Å². The van der Waals surface area contributed by atoms with E-state index in [1.165, 1.54) is 5.56 Å². The minimum Gasteiger partial charge on any atom is -0.385 e. The van der Waals surface area contributed by atoms with Crippen molar-refractivity contribution >= 4 is 11.7 Å². The van der Waals surface area contributed by atoms with E-state index < -0.39 is 0 Å².